The molecule has 0 aliphatic heterocycles. The number of benzene rings is 2. The highest BCUT2D eigenvalue weighted by Crippen LogP contribution is 2.33. The van der Waals surface area contributed by atoms with E-state index in [0.717, 1.165) is 36.0 Å². The number of likely N-dealkylation sites (N-methyl/N-ethyl adjacent to an activating group) is 2. The number of rotatable bonds is 10. The lowest BCUT2D eigenvalue weighted by Crippen LogP contribution is -2.30. The van der Waals surface area contributed by atoms with Crippen LogP contribution < -0.4 is 21.9 Å². The van der Waals surface area contributed by atoms with Gasteiger partial charge in [-0.05, 0) is 83.3 Å². The van der Waals surface area contributed by atoms with E-state index in [1.165, 1.54) is 43.4 Å². The Morgan fingerprint density at radius 3 is 2.09 bits per heavy atom. The first kappa shape index (κ1) is 35.3. The Morgan fingerprint density at radius 2 is 1.58 bits per heavy atom. The third-order valence-electron chi connectivity index (χ3n) is 7.32. The van der Waals surface area contributed by atoms with Crippen LogP contribution in [0.2, 0.25) is 0 Å². The Hall–Kier alpha value is -3.87. The molecule has 1 amide bonds. The number of aryl methyl sites for hydroxylation is 3. The third kappa shape index (κ3) is 10.1. The largest absolute Gasteiger partial charge is 0.416 e. The van der Waals surface area contributed by atoms with Gasteiger partial charge in [-0.15, -0.1) is 0 Å². The lowest BCUT2D eigenvalue weighted by atomic mass is 10.1. The molecule has 1 aromatic heterocycles. The molecule has 0 unspecified atom stereocenters. The van der Waals surface area contributed by atoms with Crippen LogP contribution >= 0.6 is 0 Å². The Bertz CT molecular complexity index is 1390. The molecule has 0 radical (unpaired) electrons. The predicted octanol–water partition coefficient (Wildman–Crippen LogP) is 5.14. The third-order valence-corrected chi connectivity index (χ3v) is 7.32. The van der Waals surface area contributed by atoms with Crippen LogP contribution in [-0.4, -0.2) is 65.8 Å². The number of hydrogen-bond donors (Lipinski definition) is 3. The predicted molar refractivity (Wildman–Crippen MR) is 168 cm³/mol. The van der Waals surface area contributed by atoms with Crippen molar-refractivity contribution in [3.8, 4) is 0 Å². The molecule has 3 rings (SSSR count). The molecule has 0 aliphatic carbocycles. The summed E-state index contributed by atoms with van der Waals surface area (Å²) in [5, 5.41) is 7.96. The molecule has 9 nitrogen and oxygen atoms in total. The van der Waals surface area contributed by atoms with Crippen molar-refractivity contribution in [1.82, 2.24) is 19.6 Å². The van der Waals surface area contributed by atoms with E-state index in [2.05, 4.69) is 48.2 Å². The van der Waals surface area contributed by atoms with Crippen molar-refractivity contribution < 1.29 is 18.0 Å². The van der Waals surface area contributed by atoms with Gasteiger partial charge in [0.2, 0.25) is 0 Å². The van der Waals surface area contributed by atoms with Gasteiger partial charge in [-0.2, -0.15) is 18.3 Å². The molecule has 236 valence electrons. The quantitative estimate of drug-likeness (QED) is 0.218. The topological polar surface area (TPSA) is 109 Å². The molecule has 2 aromatic carbocycles. The number of amides is 1. The van der Waals surface area contributed by atoms with Gasteiger partial charge in [0, 0.05) is 48.8 Å². The fourth-order valence-electron chi connectivity index (χ4n) is 3.97. The number of nitrogens with one attached hydrogen (secondary N) is 1. The van der Waals surface area contributed by atoms with Gasteiger partial charge in [0.1, 0.15) is 0 Å². The lowest BCUT2D eigenvalue weighted by molar-refractivity contribution is -0.138. The fraction of sp³-hybridized carbons (Fsp3) is 0.419. The van der Waals surface area contributed by atoms with Crippen molar-refractivity contribution in [1.29, 1.82) is 0 Å². The summed E-state index contributed by atoms with van der Waals surface area (Å²) in [7, 11) is 6.11. The molecule has 3 aromatic rings. The van der Waals surface area contributed by atoms with E-state index in [0.29, 0.717) is 11.4 Å². The summed E-state index contributed by atoms with van der Waals surface area (Å²) in [4.78, 5) is 17.4. The van der Waals surface area contributed by atoms with E-state index in [1.54, 1.807) is 36.1 Å². The van der Waals surface area contributed by atoms with Crippen molar-refractivity contribution in [3.05, 3.63) is 82.3 Å². The van der Waals surface area contributed by atoms with Crippen molar-refractivity contribution in [2.24, 2.45) is 18.6 Å². The summed E-state index contributed by atoms with van der Waals surface area (Å²) >= 11 is 0. The van der Waals surface area contributed by atoms with E-state index < -0.39 is 17.6 Å². The van der Waals surface area contributed by atoms with Gasteiger partial charge in [0.05, 0.1) is 23.1 Å². The van der Waals surface area contributed by atoms with Gasteiger partial charge in [-0.3, -0.25) is 14.5 Å². The van der Waals surface area contributed by atoms with Crippen LogP contribution in [0.3, 0.4) is 0 Å². The standard InChI is InChI=1S/C23H25F3N6O.C8H20N2/c1-13-6-8-17(10-19(13)23(24,25)26)30-22(33)16-7-5-14(2)21(9-16)32(28)12-20(27)18-11-29-31(4)15(18)3;1-5-9(3)7-8-10(4)6-2/h5-12H,27-28H2,1-4H3,(H,30,33);5-8H2,1-4H3/b20-12-;. The number of nitrogens with zero attached hydrogens (tertiary/aromatic N) is 5. The van der Waals surface area contributed by atoms with E-state index in [4.69, 9.17) is 11.6 Å². The number of halogens is 3. The minimum absolute atomic E-state index is 0.0425. The van der Waals surface area contributed by atoms with Gasteiger partial charge >= 0.3 is 6.18 Å². The normalized spacial score (nSPS) is 11.9. The van der Waals surface area contributed by atoms with Gasteiger partial charge in [0.25, 0.3) is 5.91 Å². The molecule has 0 atom stereocenters. The van der Waals surface area contributed by atoms with Crippen LogP contribution in [0.4, 0.5) is 24.5 Å². The molecule has 0 saturated heterocycles. The van der Waals surface area contributed by atoms with Crippen LogP contribution in [0.5, 0.6) is 0 Å². The summed E-state index contributed by atoms with van der Waals surface area (Å²) in [6.45, 7) is 14.1. The number of carbonyl (C=O) groups is 1. The molecule has 12 heteroatoms. The van der Waals surface area contributed by atoms with E-state index in [-0.39, 0.29) is 16.8 Å². The highest BCUT2D eigenvalue weighted by Gasteiger charge is 2.32. The molecular weight excluding hydrogens is 557 g/mol. The lowest BCUT2D eigenvalue weighted by Gasteiger charge is -2.19. The van der Waals surface area contributed by atoms with Crippen LogP contribution in [0.1, 0.15) is 52.2 Å². The number of alkyl halides is 3. The highest BCUT2D eigenvalue weighted by atomic mass is 19.4. The SMILES string of the molecule is CCN(C)CCN(C)CC.Cc1ccc(C(=O)Nc2ccc(C)c(C(F)(F)F)c2)cc1N(N)/C=C(\N)c1cnn(C)c1C. The maximum atomic E-state index is 13.2. The van der Waals surface area contributed by atoms with Gasteiger partial charge in [-0.25, -0.2) is 5.84 Å². The number of carbonyl (C=O) groups excluding carboxylic acids is 1. The summed E-state index contributed by atoms with van der Waals surface area (Å²) in [6, 6.07) is 8.46. The molecule has 43 heavy (non-hydrogen) atoms. The highest BCUT2D eigenvalue weighted by molar-refractivity contribution is 6.05. The maximum absolute atomic E-state index is 13.2. The van der Waals surface area contributed by atoms with Crippen molar-refractivity contribution >= 4 is 23.0 Å². The Morgan fingerprint density at radius 1 is 1.00 bits per heavy atom. The first-order valence-electron chi connectivity index (χ1n) is 14.1. The van der Waals surface area contributed by atoms with E-state index in [9.17, 15) is 18.0 Å². The number of nitrogens with two attached hydrogens (primary N) is 2. The Labute approximate surface area is 252 Å². The molecule has 0 bridgehead atoms. The first-order valence-corrected chi connectivity index (χ1v) is 14.1. The van der Waals surface area contributed by atoms with Crippen LogP contribution in [0, 0.1) is 20.8 Å². The number of hydrogen-bond acceptors (Lipinski definition) is 7. The average molecular weight is 603 g/mol. The number of hydrazine groups is 1. The minimum Gasteiger partial charge on any atom is -0.397 e. The second kappa shape index (κ2) is 15.6. The smallest absolute Gasteiger partial charge is 0.397 e. The molecular formula is C31H45F3N8O. The molecule has 0 fully saturated rings. The molecule has 0 saturated carbocycles. The maximum Gasteiger partial charge on any atom is 0.416 e. The van der Waals surface area contributed by atoms with Gasteiger partial charge < -0.3 is 20.9 Å². The molecule has 1 heterocycles. The van der Waals surface area contributed by atoms with E-state index in [1.807, 2.05) is 13.8 Å². The summed E-state index contributed by atoms with van der Waals surface area (Å²) in [5.41, 5.74) is 8.96. The molecule has 0 aliphatic rings. The van der Waals surface area contributed by atoms with Crippen molar-refractivity contribution in [2.45, 2.75) is 40.8 Å². The number of aromatic nitrogens is 2. The summed E-state index contributed by atoms with van der Waals surface area (Å²) in [6.07, 6.45) is -1.37. The summed E-state index contributed by atoms with van der Waals surface area (Å²) < 4.78 is 41.2. The first-order chi connectivity index (χ1) is 20.1. The zero-order valence-electron chi connectivity index (χ0n) is 26.4. The minimum atomic E-state index is -4.51. The monoisotopic (exact) mass is 602 g/mol. The van der Waals surface area contributed by atoms with Crippen LogP contribution in [-0.2, 0) is 13.2 Å². The van der Waals surface area contributed by atoms with Crippen molar-refractivity contribution in [2.75, 3.05) is 50.6 Å². The van der Waals surface area contributed by atoms with Crippen molar-refractivity contribution in [3.63, 3.8) is 0 Å². The van der Waals surface area contributed by atoms with Gasteiger partial charge in [-0.1, -0.05) is 26.0 Å². The molecule has 5 N–H and O–H groups in total. The second-order valence-corrected chi connectivity index (χ2v) is 10.5. The zero-order valence-corrected chi connectivity index (χ0v) is 26.4. The Kier molecular flexibility index (Phi) is 12.8. The second-order valence-electron chi connectivity index (χ2n) is 10.5. The number of anilines is 2. The molecule has 0 spiro atoms. The van der Waals surface area contributed by atoms with E-state index >= 15 is 0 Å². The average Bonchev–Trinajstić information content (AvgIpc) is 3.29. The zero-order chi connectivity index (χ0) is 32.5. The van der Waals surface area contributed by atoms with Gasteiger partial charge in [0.15, 0.2) is 0 Å². The Balaban J connectivity index is 0.000000553. The summed E-state index contributed by atoms with van der Waals surface area (Å²) in [5.74, 6) is 5.62. The fourth-order valence-corrected chi connectivity index (χ4v) is 3.97. The van der Waals surface area contributed by atoms with Crippen LogP contribution in [0.15, 0.2) is 48.8 Å². The van der Waals surface area contributed by atoms with Crippen LogP contribution in [0.25, 0.3) is 5.70 Å².